The molecular formula is C25H38N2O4. The maximum absolute atomic E-state index is 12.8. The number of esters is 1. The van der Waals surface area contributed by atoms with Gasteiger partial charge in [-0.15, -0.1) is 0 Å². The Bertz CT molecular complexity index is 772. The van der Waals surface area contributed by atoms with Gasteiger partial charge in [0.05, 0.1) is 0 Å². The normalized spacial score (nSPS) is 17.2. The Kier molecular flexibility index (Phi) is 8.27. The number of rotatable bonds is 6. The van der Waals surface area contributed by atoms with Crippen molar-refractivity contribution in [3.8, 4) is 0 Å². The second-order valence-electron chi connectivity index (χ2n) is 10.1. The predicted molar refractivity (Wildman–Crippen MR) is 122 cm³/mol. The first-order valence-corrected chi connectivity index (χ1v) is 11.3. The van der Waals surface area contributed by atoms with Crippen LogP contribution < -0.4 is 5.32 Å². The van der Waals surface area contributed by atoms with Crippen molar-refractivity contribution < 1.29 is 19.1 Å². The lowest BCUT2D eigenvalue weighted by Crippen LogP contribution is -2.49. The minimum Gasteiger partial charge on any atom is -0.451 e. The van der Waals surface area contributed by atoms with Gasteiger partial charge in [0.2, 0.25) is 0 Å². The van der Waals surface area contributed by atoms with E-state index >= 15 is 0 Å². The summed E-state index contributed by atoms with van der Waals surface area (Å²) in [7, 11) is 0. The molecule has 1 unspecified atom stereocenters. The number of hydrogen-bond donors (Lipinski definition) is 1. The summed E-state index contributed by atoms with van der Waals surface area (Å²) >= 11 is 0. The van der Waals surface area contributed by atoms with E-state index in [2.05, 4.69) is 33.0 Å². The number of nitrogens with zero attached hydrogens (tertiary/aromatic N) is 1. The fourth-order valence-electron chi connectivity index (χ4n) is 3.63. The van der Waals surface area contributed by atoms with Crippen LogP contribution in [0.15, 0.2) is 24.3 Å². The average molecular weight is 431 g/mol. The van der Waals surface area contributed by atoms with Crippen molar-refractivity contribution in [2.45, 2.75) is 78.9 Å². The number of nitrogens with one attached hydrogen (secondary N) is 1. The Hall–Kier alpha value is -2.37. The highest BCUT2D eigenvalue weighted by Crippen LogP contribution is 2.22. The molecule has 0 aromatic heterocycles. The summed E-state index contributed by atoms with van der Waals surface area (Å²) in [6.45, 7) is 15.2. The van der Waals surface area contributed by atoms with E-state index in [4.69, 9.17) is 4.74 Å². The summed E-state index contributed by atoms with van der Waals surface area (Å²) < 4.78 is 5.47. The molecule has 0 saturated carbocycles. The van der Waals surface area contributed by atoms with Crippen LogP contribution in [0, 0.1) is 11.8 Å². The highest BCUT2D eigenvalue weighted by atomic mass is 16.5. The first-order chi connectivity index (χ1) is 14.4. The van der Waals surface area contributed by atoms with Crippen molar-refractivity contribution in [1.82, 2.24) is 10.2 Å². The number of hydrogen-bond acceptors (Lipinski definition) is 4. The molecule has 31 heavy (non-hydrogen) atoms. The van der Waals surface area contributed by atoms with E-state index in [0.717, 1.165) is 18.4 Å². The van der Waals surface area contributed by atoms with Crippen LogP contribution in [-0.2, 0) is 19.7 Å². The molecule has 1 aliphatic heterocycles. The quantitative estimate of drug-likeness (QED) is 0.694. The number of carbonyl (C=O) groups excluding carboxylic acids is 3. The minimum absolute atomic E-state index is 0.00560. The topological polar surface area (TPSA) is 75.7 Å². The van der Waals surface area contributed by atoms with Gasteiger partial charge < -0.3 is 15.0 Å². The fraction of sp³-hybridized carbons (Fsp3) is 0.640. The van der Waals surface area contributed by atoms with Gasteiger partial charge in [-0.2, -0.15) is 0 Å². The second-order valence-corrected chi connectivity index (χ2v) is 10.1. The van der Waals surface area contributed by atoms with Crippen molar-refractivity contribution in [1.29, 1.82) is 0 Å². The molecule has 2 amide bonds. The van der Waals surface area contributed by atoms with E-state index in [-0.39, 0.29) is 23.1 Å². The molecule has 0 aliphatic carbocycles. The summed E-state index contributed by atoms with van der Waals surface area (Å²) in [6.07, 6.45) is 1.06. The third-order valence-corrected chi connectivity index (χ3v) is 5.96. The molecule has 172 valence electrons. The molecule has 6 heteroatoms. The smallest absolute Gasteiger partial charge is 0.329 e. The van der Waals surface area contributed by atoms with Gasteiger partial charge in [-0.25, -0.2) is 4.79 Å². The summed E-state index contributed by atoms with van der Waals surface area (Å²) in [5.74, 6) is -0.656. The van der Waals surface area contributed by atoms with Crippen LogP contribution in [0.2, 0.25) is 0 Å². The Labute approximate surface area is 186 Å². The lowest BCUT2D eigenvalue weighted by atomic mass is 9.86. The van der Waals surface area contributed by atoms with Gasteiger partial charge >= 0.3 is 5.97 Å². The fourth-order valence-corrected chi connectivity index (χ4v) is 3.63. The van der Waals surface area contributed by atoms with Crippen molar-refractivity contribution in [3.63, 3.8) is 0 Å². The minimum atomic E-state index is -0.870. The molecule has 0 spiro atoms. The van der Waals surface area contributed by atoms with Crippen molar-refractivity contribution in [3.05, 3.63) is 35.4 Å². The predicted octanol–water partition coefficient (Wildman–Crippen LogP) is 3.93. The van der Waals surface area contributed by atoms with Crippen LogP contribution in [-0.4, -0.2) is 47.9 Å². The van der Waals surface area contributed by atoms with E-state index < -0.39 is 18.1 Å². The summed E-state index contributed by atoms with van der Waals surface area (Å²) in [5.41, 5.74) is 1.61. The Morgan fingerprint density at radius 1 is 1.03 bits per heavy atom. The average Bonchev–Trinajstić information content (AvgIpc) is 2.70. The SMILES string of the molecule is CC1CCN(C(=O)C(C)OC(=O)[C@@H](NC(=O)c2ccc(C(C)(C)C)cc2)C(C)C)CC1. The van der Waals surface area contributed by atoms with E-state index in [1.54, 1.807) is 24.0 Å². The van der Waals surface area contributed by atoms with Crippen LogP contribution in [0.3, 0.4) is 0 Å². The number of amides is 2. The molecule has 1 fully saturated rings. The van der Waals surface area contributed by atoms with Gasteiger partial charge in [0.15, 0.2) is 6.10 Å². The van der Waals surface area contributed by atoms with Gasteiger partial charge in [0.25, 0.3) is 11.8 Å². The van der Waals surface area contributed by atoms with E-state index in [1.165, 1.54) is 0 Å². The monoisotopic (exact) mass is 430 g/mol. The number of likely N-dealkylation sites (tertiary alicyclic amines) is 1. The molecular weight excluding hydrogens is 392 g/mol. The van der Waals surface area contributed by atoms with Gasteiger partial charge in [-0.1, -0.05) is 53.7 Å². The van der Waals surface area contributed by atoms with Crippen LogP contribution in [0.1, 0.15) is 77.2 Å². The van der Waals surface area contributed by atoms with Crippen molar-refractivity contribution in [2.75, 3.05) is 13.1 Å². The molecule has 1 heterocycles. The number of carbonyl (C=O) groups is 3. The molecule has 1 aliphatic rings. The van der Waals surface area contributed by atoms with Crippen molar-refractivity contribution >= 4 is 17.8 Å². The lowest BCUT2D eigenvalue weighted by molar-refractivity contribution is -0.162. The third-order valence-electron chi connectivity index (χ3n) is 5.96. The van der Waals surface area contributed by atoms with Gasteiger partial charge in [0.1, 0.15) is 6.04 Å². The number of piperidine rings is 1. The van der Waals surface area contributed by atoms with Crippen LogP contribution in [0.25, 0.3) is 0 Å². The van der Waals surface area contributed by atoms with Crippen LogP contribution >= 0.6 is 0 Å². The first-order valence-electron chi connectivity index (χ1n) is 11.3. The largest absolute Gasteiger partial charge is 0.451 e. The van der Waals surface area contributed by atoms with Gasteiger partial charge in [0, 0.05) is 18.7 Å². The molecule has 1 N–H and O–H groups in total. The molecule has 1 saturated heterocycles. The first kappa shape index (κ1) is 24.9. The van der Waals surface area contributed by atoms with Crippen molar-refractivity contribution in [2.24, 2.45) is 11.8 Å². The Morgan fingerprint density at radius 2 is 1.58 bits per heavy atom. The zero-order chi connectivity index (χ0) is 23.3. The molecule has 6 nitrogen and oxygen atoms in total. The van der Waals surface area contributed by atoms with Gasteiger partial charge in [-0.05, 0) is 54.7 Å². The molecule has 1 aromatic rings. The standard InChI is InChI=1S/C25H38N2O4/c1-16(2)21(26-22(28)19-8-10-20(11-9-19)25(5,6)7)24(30)31-18(4)23(29)27-14-12-17(3)13-15-27/h8-11,16-18,21H,12-15H2,1-7H3,(H,26,28)/t18?,21-/m0/s1. The lowest BCUT2D eigenvalue weighted by Gasteiger charge is -2.32. The Morgan fingerprint density at radius 3 is 2.06 bits per heavy atom. The van der Waals surface area contributed by atoms with E-state index in [9.17, 15) is 14.4 Å². The Balaban J connectivity index is 2.00. The summed E-state index contributed by atoms with van der Waals surface area (Å²) in [4.78, 5) is 39.9. The number of ether oxygens (including phenoxy) is 1. The van der Waals surface area contributed by atoms with Gasteiger partial charge in [-0.3, -0.25) is 9.59 Å². The van der Waals surface area contributed by atoms with E-state index in [0.29, 0.717) is 24.6 Å². The molecule has 2 rings (SSSR count). The molecule has 0 bridgehead atoms. The highest BCUT2D eigenvalue weighted by Gasteiger charge is 2.31. The van der Waals surface area contributed by atoms with Crippen LogP contribution in [0.4, 0.5) is 0 Å². The highest BCUT2D eigenvalue weighted by molar-refractivity contribution is 5.97. The zero-order valence-electron chi connectivity index (χ0n) is 20.0. The molecule has 1 aromatic carbocycles. The maximum Gasteiger partial charge on any atom is 0.329 e. The summed E-state index contributed by atoms with van der Waals surface area (Å²) in [6, 6.07) is 6.56. The van der Waals surface area contributed by atoms with Crippen LogP contribution in [0.5, 0.6) is 0 Å². The summed E-state index contributed by atoms with van der Waals surface area (Å²) in [5, 5.41) is 2.78. The van der Waals surface area contributed by atoms with E-state index in [1.807, 2.05) is 26.0 Å². The third kappa shape index (κ3) is 6.81. The number of benzene rings is 1. The molecule has 0 radical (unpaired) electrons. The maximum atomic E-state index is 12.8. The molecule has 2 atom stereocenters. The zero-order valence-corrected chi connectivity index (χ0v) is 20.0. The second kappa shape index (κ2) is 10.3.